The van der Waals surface area contributed by atoms with Gasteiger partial charge in [0.05, 0.1) is 17.0 Å². The summed E-state index contributed by atoms with van der Waals surface area (Å²) in [5, 5.41) is 11.6. The van der Waals surface area contributed by atoms with Crippen LogP contribution >= 0.6 is 11.8 Å². The molecule has 10 heteroatoms. The monoisotopic (exact) mass is 423 g/mol. The molecule has 2 aromatic rings. The number of halogens is 3. The van der Waals surface area contributed by atoms with Gasteiger partial charge in [-0.25, -0.2) is 0 Å². The van der Waals surface area contributed by atoms with Crippen LogP contribution in [0.25, 0.3) is 0 Å². The molecule has 0 saturated heterocycles. The van der Waals surface area contributed by atoms with Crippen molar-refractivity contribution in [2.45, 2.75) is 18.9 Å². The van der Waals surface area contributed by atoms with E-state index >= 15 is 0 Å². The van der Waals surface area contributed by atoms with E-state index in [1.165, 1.54) is 53.9 Å². The third-order valence-electron chi connectivity index (χ3n) is 4.43. The number of nitro groups is 1. The normalized spacial score (nSPS) is 14.1. The second kappa shape index (κ2) is 8.24. The highest BCUT2D eigenvalue weighted by atomic mass is 32.2. The number of amides is 1. The largest absolute Gasteiger partial charge is 0.416 e. The number of nitro benzene ring substituents is 1. The van der Waals surface area contributed by atoms with Crippen LogP contribution in [-0.2, 0) is 11.9 Å². The van der Waals surface area contributed by atoms with Crippen LogP contribution in [-0.4, -0.2) is 34.0 Å². The Morgan fingerprint density at radius 1 is 1.24 bits per heavy atom. The Kier molecular flexibility index (Phi) is 5.92. The molecule has 0 bridgehead atoms. The highest BCUT2D eigenvalue weighted by Crippen LogP contribution is 2.30. The molecule has 0 atom stereocenters. The highest BCUT2D eigenvalue weighted by Gasteiger charge is 2.30. The summed E-state index contributed by atoms with van der Waals surface area (Å²) in [5.74, 6) is -0.0448. The summed E-state index contributed by atoms with van der Waals surface area (Å²) in [6, 6.07) is 9.14. The van der Waals surface area contributed by atoms with Gasteiger partial charge in [0.1, 0.15) is 0 Å². The molecule has 0 fully saturated rings. The molecule has 0 saturated carbocycles. The van der Waals surface area contributed by atoms with Gasteiger partial charge in [0.25, 0.3) is 11.6 Å². The van der Waals surface area contributed by atoms with E-state index in [1.807, 2.05) is 0 Å². The first kappa shape index (κ1) is 20.8. The van der Waals surface area contributed by atoms with Gasteiger partial charge in [-0.15, -0.1) is 0 Å². The fourth-order valence-electron chi connectivity index (χ4n) is 2.87. The molecule has 0 radical (unpaired) electrons. The van der Waals surface area contributed by atoms with Gasteiger partial charge in [0.2, 0.25) is 0 Å². The maximum Gasteiger partial charge on any atom is 0.416 e. The first-order chi connectivity index (χ1) is 13.7. The van der Waals surface area contributed by atoms with Gasteiger partial charge in [0.15, 0.2) is 5.17 Å². The van der Waals surface area contributed by atoms with Gasteiger partial charge in [-0.2, -0.15) is 13.2 Å². The predicted molar refractivity (Wildman–Crippen MR) is 104 cm³/mol. The van der Waals surface area contributed by atoms with E-state index in [2.05, 4.69) is 4.99 Å². The average molecular weight is 423 g/mol. The number of alkyl halides is 3. The smallest absolute Gasteiger partial charge is 0.286 e. The number of carbonyl (C=O) groups excluding carboxylic acids is 1. The topological polar surface area (TPSA) is 75.8 Å². The van der Waals surface area contributed by atoms with Crippen molar-refractivity contribution in [1.29, 1.82) is 0 Å². The molecule has 1 aliphatic rings. The predicted octanol–water partition coefficient (Wildman–Crippen LogP) is 4.67. The summed E-state index contributed by atoms with van der Waals surface area (Å²) >= 11 is 1.24. The van der Waals surface area contributed by atoms with Crippen LogP contribution in [0.2, 0.25) is 0 Å². The van der Waals surface area contributed by atoms with Crippen molar-refractivity contribution in [3.63, 3.8) is 0 Å². The number of carbonyl (C=O) groups is 1. The molecule has 0 spiro atoms. The van der Waals surface area contributed by atoms with Crippen molar-refractivity contribution < 1.29 is 22.9 Å². The van der Waals surface area contributed by atoms with Crippen molar-refractivity contribution in [3.8, 4) is 0 Å². The van der Waals surface area contributed by atoms with Crippen molar-refractivity contribution in [3.05, 3.63) is 74.8 Å². The molecular weight excluding hydrogens is 407 g/mol. The SMILES string of the molecule is Cc1c(C(=O)N2CCN=C2SCc2ccc(C(F)(F)F)cc2)cccc1[N+](=O)[O-]. The van der Waals surface area contributed by atoms with Crippen molar-refractivity contribution >= 4 is 28.5 Å². The molecule has 1 heterocycles. The first-order valence-electron chi connectivity index (χ1n) is 8.57. The molecule has 0 aromatic heterocycles. The second-order valence-corrected chi connectivity index (χ2v) is 7.25. The van der Waals surface area contributed by atoms with Gasteiger partial charge in [-0.1, -0.05) is 30.0 Å². The Morgan fingerprint density at radius 3 is 2.55 bits per heavy atom. The molecule has 0 N–H and O–H groups in total. The number of thioether (sulfide) groups is 1. The minimum atomic E-state index is -4.39. The Bertz CT molecular complexity index is 975. The Morgan fingerprint density at radius 2 is 1.93 bits per heavy atom. The van der Waals surface area contributed by atoms with Crippen LogP contribution in [0.3, 0.4) is 0 Å². The zero-order valence-corrected chi connectivity index (χ0v) is 16.1. The molecule has 0 aliphatic carbocycles. The van der Waals surface area contributed by atoms with Crippen LogP contribution in [0, 0.1) is 17.0 Å². The molecule has 6 nitrogen and oxygen atoms in total. The lowest BCUT2D eigenvalue weighted by atomic mass is 10.1. The Labute approximate surface area is 168 Å². The van der Waals surface area contributed by atoms with Gasteiger partial charge in [-0.05, 0) is 30.7 Å². The van der Waals surface area contributed by atoms with E-state index < -0.39 is 16.7 Å². The van der Waals surface area contributed by atoms with Crippen molar-refractivity contribution in [1.82, 2.24) is 4.90 Å². The summed E-state index contributed by atoms with van der Waals surface area (Å²) in [6.07, 6.45) is -4.39. The summed E-state index contributed by atoms with van der Waals surface area (Å²) < 4.78 is 38.0. The minimum absolute atomic E-state index is 0.133. The van der Waals surface area contributed by atoms with E-state index in [-0.39, 0.29) is 22.7 Å². The van der Waals surface area contributed by atoms with Crippen LogP contribution < -0.4 is 0 Å². The van der Waals surface area contributed by atoms with E-state index in [4.69, 9.17) is 0 Å². The number of hydrogen-bond donors (Lipinski definition) is 0. The van der Waals surface area contributed by atoms with E-state index in [9.17, 15) is 28.1 Å². The molecular formula is C19H16F3N3O3S. The maximum atomic E-state index is 12.9. The van der Waals surface area contributed by atoms with Gasteiger partial charge in [0, 0.05) is 29.5 Å². The molecule has 29 heavy (non-hydrogen) atoms. The van der Waals surface area contributed by atoms with Crippen LogP contribution in [0.4, 0.5) is 18.9 Å². The van der Waals surface area contributed by atoms with E-state index in [1.54, 1.807) is 0 Å². The Balaban J connectivity index is 1.71. The minimum Gasteiger partial charge on any atom is -0.286 e. The van der Waals surface area contributed by atoms with Gasteiger partial charge >= 0.3 is 6.18 Å². The molecule has 3 rings (SSSR count). The second-order valence-electron chi connectivity index (χ2n) is 6.31. The summed E-state index contributed by atoms with van der Waals surface area (Å²) in [6.45, 7) is 2.26. The van der Waals surface area contributed by atoms with Crippen LogP contribution in [0.5, 0.6) is 0 Å². The average Bonchev–Trinajstić information content (AvgIpc) is 3.14. The van der Waals surface area contributed by atoms with Crippen LogP contribution in [0.1, 0.15) is 27.0 Å². The highest BCUT2D eigenvalue weighted by molar-refractivity contribution is 8.13. The van der Waals surface area contributed by atoms with Crippen LogP contribution in [0.15, 0.2) is 47.5 Å². The summed E-state index contributed by atoms with van der Waals surface area (Å²) in [7, 11) is 0. The zero-order valence-electron chi connectivity index (χ0n) is 15.3. The van der Waals surface area contributed by atoms with Gasteiger partial charge in [-0.3, -0.25) is 24.8 Å². The summed E-state index contributed by atoms with van der Waals surface area (Å²) in [4.78, 5) is 29.2. The number of nitrogens with zero attached hydrogens (tertiary/aromatic N) is 3. The van der Waals surface area contributed by atoms with Crippen molar-refractivity contribution in [2.24, 2.45) is 4.99 Å². The van der Waals surface area contributed by atoms with E-state index in [0.29, 0.717) is 29.6 Å². The maximum absolute atomic E-state index is 12.9. The quantitative estimate of drug-likeness (QED) is 0.529. The molecule has 1 amide bonds. The molecule has 2 aromatic carbocycles. The number of benzene rings is 2. The van der Waals surface area contributed by atoms with Gasteiger partial charge < -0.3 is 0 Å². The fourth-order valence-corrected chi connectivity index (χ4v) is 3.88. The lowest BCUT2D eigenvalue weighted by Gasteiger charge is -2.19. The Hall–Kier alpha value is -2.88. The third kappa shape index (κ3) is 4.58. The number of hydrogen-bond acceptors (Lipinski definition) is 5. The van der Waals surface area contributed by atoms with E-state index in [0.717, 1.165) is 12.1 Å². The number of rotatable bonds is 4. The lowest BCUT2D eigenvalue weighted by molar-refractivity contribution is -0.385. The fraction of sp³-hybridized carbons (Fsp3) is 0.263. The zero-order chi connectivity index (χ0) is 21.2. The standard InChI is InChI=1S/C19H16F3N3O3S/c1-12-15(3-2-4-16(12)25(27)28)17(26)24-10-9-23-18(24)29-11-13-5-7-14(8-6-13)19(20,21)22/h2-8H,9-11H2,1H3. The molecule has 1 aliphatic heterocycles. The lowest BCUT2D eigenvalue weighted by Crippen LogP contribution is -2.33. The first-order valence-corrected chi connectivity index (χ1v) is 9.56. The molecule has 0 unspecified atom stereocenters. The van der Waals surface area contributed by atoms with Crippen molar-refractivity contribution in [2.75, 3.05) is 13.1 Å². The number of amidine groups is 1. The molecule has 152 valence electrons. The summed E-state index contributed by atoms with van der Waals surface area (Å²) in [5.41, 5.74) is 0.315. The third-order valence-corrected chi connectivity index (χ3v) is 5.51. The number of aliphatic imine (C=N–C) groups is 1.